The lowest BCUT2D eigenvalue weighted by atomic mass is 10.3. The third-order valence-corrected chi connectivity index (χ3v) is 2.18. The van der Waals surface area contributed by atoms with E-state index in [1.807, 2.05) is 12.1 Å². The molecule has 0 atom stereocenters. The Labute approximate surface area is 101 Å². The molecule has 0 fully saturated rings. The molecule has 0 aliphatic rings. The molecule has 17 heavy (non-hydrogen) atoms. The summed E-state index contributed by atoms with van der Waals surface area (Å²) in [5.41, 5.74) is 6.28. The topological polar surface area (TPSA) is 64.3 Å². The number of ether oxygens (including phenoxy) is 1. The van der Waals surface area contributed by atoms with Gasteiger partial charge < -0.3 is 15.8 Å². The van der Waals surface area contributed by atoms with Gasteiger partial charge in [0.25, 0.3) is 0 Å². The van der Waals surface area contributed by atoms with Gasteiger partial charge in [-0.3, -0.25) is 4.79 Å². The van der Waals surface area contributed by atoms with Gasteiger partial charge in [-0.15, -0.1) is 6.58 Å². The third kappa shape index (κ3) is 5.06. The number of anilines is 1. The first kappa shape index (κ1) is 13.1. The Kier molecular flexibility index (Phi) is 5.64. The van der Waals surface area contributed by atoms with Crippen LogP contribution in [0.5, 0.6) is 5.75 Å². The monoisotopic (exact) mass is 234 g/mol. The Bertz CT molecular complexity index is 377. The molecule has 0 aliphatic heterocycles. The van der Waals surface area contributed by atoms with Crippen LogP contribution >= 0.6 is 0 Å². The lowest BCUT2D eigenvalue weighted by molar-refractivity contribution is -0.121. The number of nitrogen functional groups attached to an aromatic ring is 1. The van der Waals surface area contributed by atoms with E-state index in [9.17, 15) is 4.79 Å². The van der Waals surface area contributed by atoms with Crippen molar-refractivity contribution < 1.29 is 9.53 Å². The minimum atomic E-state index is -0.0265. The van der Waals surface area contributed by atoms with E-state index in [0.717, 1.165) is 6.42 Å². The number of para-hydroxylation sites is 2. The molecule has 0 bridgehead atoms. The zero-order chi connectivity index (χ0) is 12.5. The summed E-state index contributed by atoms with van der Waals surface area (Å²) < 4.78 is 5.41. The molecule has 0 spiro atoms. The molecule has 1 rings (SSSR count). The van der Waals surface area contributed by atoms with E-state index in [0.29, 0.717) is 31.0 Å². The molecule has 0 unspecified atom stereocenters. The normalized spacial score (nSPS) is 9.65. The summed E-state index contributed by atoms with van der Waals surface area (Å²) in [6.45, 7) is 4.53. The second kappa shape index (κ2) is 7.33. The van der Waals surface area contributed by atoms with E-state index < -0.39 is 0 Å². The van der Waals surface area contributed by atoms with Gasteiger partial charge in [0.2, 0.25) is 5.91 Å². The van der Waals surface area contributed by atoms with Crippen molar-refractivity contribution in [3.63, 3.8) is 0 Å². The molecule has 4 nitrogen and oxygen atoms in total. The van der Waals surface area contributed by atoms with Gasteiger partial charge in [-0.2, -0.15) is 0 Å². The fraction of sp³-hybridized carbons (Fsp3) is 0.308. The van der Waals surface area contributed by atoms with E-state index in [4.69, 9.17) is 10.5 Å². The highest BCUT2D eigenvalue weighted by atomic mass is 16.5. The van der Waals surface area contributed by atoms with Crippen LogP contribution in [0.1, 0.15) is 12.8 Å². The molecule has 0 aromatic heterocycles. The van der Waals surface area contributed by atoms with Gasteiger partial charge in [0, 0.05) is 6.54 Å². The molecule has 1 amide bonds. The Balaban J connectivity index is 2.21. The molecule has 0 saturated carbocycles. The van der Waals surface area contributed by atoms with Crippen LogP contribution in [0.25, 0.3) is 0 Å². The Morgan fingerprint density at radius 3 is 2.94 bits per heavy atom. The van der Waals surface area contributed by atoms with Crippen LogP contribution in [-0.4, -0.2) is 19.1 Å². The summed E-state index contributed by atoms with van der Waals surface area (Å²) in [5.74, 6) is 0.591. The van der Waals surface area contributed by atoms with Crippen molar-refractivity contribution in [2.75, 3.05) is 18.9 Å². The van der Waals surface area contributed by atoms with Gasteiger partial charge in [0.1, 0.15) is 5.75 Å². The van der Waals surface area contributed by atoms with Crippen LogP contribution < -0.4 is 15.8 Å². The fourth-order valence-corrected chi connectivity index (χ4v) is 1.27. The van der Waals surface area contributed by atoms with Crippen molar-refractivity contribution in [2.24, 2.45) is 0 Å². The van der Waals surface area contributed by atoms with Gasteiger partial charge in [-0.25, -0.2) is 0 Å². The van der Waals surface area contributed by atoms with Gasteiger partial charge in [-0.05, 0) is 18.6 Å². The number of rotatable bonds is 7. The predicted octanol–water partition coefficient (Wildman–Crippen LogP) is 1.73. The number of carbonyl (C=O) groups excluding carboxylic acids is 1. The van der Waals surface area contributed by atoms with Crippen molar-refractivity contribution in [1.82, 2.24) is 5.32 Å². The smallest absolute Gasteiger partial charge is 0.223 e. The first-order valence-corrected chi connectivity index (χ1v) is 5.59. The molecule has 4 heteroatoms. The number of nitrogens with one attached hydrogen (secondary N) is 1. The van der Waals surface area contributed by atoms with Crippen molar-refractivity contribution in [3.05, 3.63) is 36.9 Å². The van der Waals surface area contributed by atoms with Crippen molar-refractivity contribution in [3.8, 4) is 5.75 Å². The number of hydrogen-bond acceptors (Lipinski definition) is 3. The zero-order valence-corrected chi connectivity index (χ0v) is 9.82. The maximum atomic E-state index is 11.3. The molecule has 92 valence electrons. The number of carbonyl (C=O) groups is 1. The minimum Gasteiger partial charge on any atom is -0.491 e. The van der Waals surface area contributed by atoms with Crippen LogP contribution in [0.2, 0.25) is 0 Å². The average Bonchev–Trinajstić information content (AvgIpc) is 2.32. The first-order chi connectivity index (χ1) is 8.24. The van der Waals surface area contributed by atoms with E-state index in [1.54, 1.807) is 18.2 Å². The lowest BCUT2D eigenvalue weighted by Gasteiger charge is -2.08. The molecular weight excluding hydrogens is 216 g/mol. The summed E-state index contributed by atoms with van der Waals surface area (Å²) in [6.07, 6.45) is 2.87. The standard InChI is InChI=1S/C13H18N2O2/c1-2-3-9-15-13(16)8-10-17-12-7-5-4-6-11(12)14/h2,4-7H,1,3,8-10,14H2,(H,15,16). The summed E-state index contributed by atoms with van der Waals surface area (Å²) >= 11 is 0. The first-order valence-electron chi connectivity index (χ1n) is 5.59. The van der Waals surface area contributed by atoms with Crippen LogP contribution in [0.15, 0.2) is 36.9 Å². The zero-order valence-electron chi connectivity index (χ0n) is 9.82. The minimum absolute atomic E-state index is 0.0265. The Morgan fingerprint density at radius 2 is 2.24 bits per heavy atom. The van der Waals surface area contributed by atoms with Crippen LogP contribution in [0, 0.1) is 0 Å². The van der Waals surface area contributed by atoms with E-state index in [1.165, 1.54) is 0 Å². The molecule has 1 aromatic rings. The molecule has 0 aliphatic carbocycles. The predicted molar refractivity (Wildman–Crippen MR) is 68.8 cm³/mol. The number of nitrogens with two attached hydrogens (primary N) is 1. The summed E-state index contributed by atoms with van der Waals surface area (Å²) in [6, 6.07) is 7.23. The number of hydrogen-bond donors (Lipinski definition) is 2. The molecule has 0 radical (unpaired) electrons. The summed E-state index contributed by atoms with van der Waals surface area (Å²) in [5, 5.41) is 2.76. The quantitative estimate of drug-likeness (QED) is 0.429. The van der Waals surface area contributed by atoms with Crippen molar-refractivity contribution in [2.45, 2.75) is 12.8 Å². The molecule has 1 aromatic carbocycles. The van der Waals surface area contributed by atoms with Crippen molar-refractivity contribution >= 4 is 11.6 Å². The van der Waals surface area contributed by atoms with Crippen LogP contribution in [0.3, 0.4) is 0 Å². The van der Waals surface area contributed by atoms with E-state index >= 15 is 0 Å². The second-order valence-electron chi connectivity index (χ2n) is 3.56. The molecule has 3 N–H and O–H groups in total. The van der Waals surface area contributed by atoms with E-state index in [-0.39, 0.29) is 5.91 Å². The highest BCUT2D eigenvalue weighted by Gasteiger charge is 2.02. The van der Waals surface area contributed by atoms with Gasteiger partial charge in [0.05, 0.1) is 18.7 Å². The summed E-state index contributed by atoms with van der Waals surface area (Å²) in [4.78, 5) is 11.3. The Morgan fingerprint density at radius 1 is 1.47 bits per heavy atom. The van der Waals surface area contributed by atoms with Gasteiger partial charge in [-0.1, -0.05) is 18.2 Å². The number of benzene rings is 1. The van der Waals surface area contributed by atoms with Crippen LogP contribution in [-0.2, 0) is 4.79 Å². The maximum Gasteiger partial charge on any atom is 0.223 e. The fourth-order valence-electron chi connectivity index (χ4n) is 1.27. The maximum absolute atomic E-state index is 11.3. The third-order valence-electron chi connectivity index (χ3n) is 2.18. The second-order valence-corrected chi connectivity index (χ2v) is 3.56. The summed E-state index contributed by atoms with van der Waals surface area (Å²) in [7, 11) is 0. The largest absolute Gasteiger partial charge is 0.491 e. The van der Waals surface area contributed by atoms with E-state index in [2.05, 4.69) is 11.9 Å². The van der Waals surface area contributed by atoms with Crippen LogP contribution in [0.4, 0.5) is 5.69 Å². The lowest BCUT2D eigenvalue weighted by Crippen LogP contribution is -2.25. The highest BCUT2D eigenvalue weighted by Crippen LogP contribution is 2.19. The Hall–Kier alpha value is -1.97. The molecule has 0 heterocycles. The van der Waals surface area contributed by atoms with Gasteiger partial charge >= 0.3 is 0 Å². The van der Waals surface area contributed by atoms with Crippen molar-refractivity contribution in [1.29, 1.82) is 0 Å². The SMILES string of the molecule is C=CCCNC(=O)CCOc1ccccc1N. The number of amides is 1. The molecule has 0 saturated heterocycles. The molecular formula is C13H18N2O2. The average molecular weight is 234 g/mol. The van der Waals surface area contributed by atoms with Gasteiger partial charge in [0.15, 0.2) is 0 Å². The highest BCUT2D eigenvalue weighted by molar-refractivity contribution is 5.76.